The second-order valence-electron chi connectivity index (χ2n) is 5.36. The van der Waals surface area contributed by atoms with E-state index >= 15 is 0 Å². The number of ether oxygens (including phenoxy) is 1. The molecule has 0 amide bonds. The Bertz CT molecular complexity index is 631. The van der Waals surface area contributed by atoms with Crippen LogP contribution in [-0.4, -0.2) is 51.0 Å². The summed E-state index contributed by atoms with van der Waals surface area (Å²) in [5, 5.41) is 3.06. The summed E-state index contributed by atoms with van der Waals surface area (Å²) in [6.45, 7) is 1.47. The van der Waals surface area contributed by atoms with Gasteiger partial charge in [0.05, 0.1) is 12.7 Å². The molecule has 0 aromatic carbocycles. The van der Waals surface area contributed by atoms with E-state index in [-0.39, 0.29) is 35.1 Å². The van der Waals surface area contributed by atoms with Crippen LogP contribution in [0.25, 0.3) is 0 Å². The molecule has 0 spiro atoms. The van der Waals surface area contributed by atoms with E-state index in [1.54, 1.807) is 4.31 Å². The van der Waals surface area contributed by atoms with E-state index in [1.807, 2.05) is 0 Å². The van der Waals surface area contributed by atoms with Gasteiger partial charge in [-0.05, 0) is 25.8 Å². The highest BCUT2D eigenvalue weighted by Crippen LogP contribution is 2.34. The van der Waals surface area contributed by atoms with Crippen LogP contribution < -0.4 is 5.32 Å². The van der Waals surface area contributed by atoms with Crippen LogP contribution in [0.5, 0.6) is 0 Å². The third-order valence-electron chi connectivity index (χ3n) is 4.12. The van der Waals surface area contributed by atoms with Crippen molar-refractivity contribution in [3.8, 4) is 0 Å². The minimum atomic E-state index is -3.72. The molecule has 3 rings (SSSR count). The van der Waals surface area contributed by atoms with Crippen molar-refractivity contribution in [1.82, 2.24) is 9.62 Å². The summed E-state index contributed by atoms with van der Waals surface area (Å²) in [5.41, 5.74) is 0.108. The number of esters is 1. The highest BCUT2D eigenvalue weighted by atomic mass is 35.5. The summed E-state index contributed by atoms with van der Waals surface area (Å²) in [5.74, 6) is -0.610. The fraction of sp³-hybridized carbons (Fsp3) is 0.615. The van der Waals surface area contributed by atoms with Crippen LogP contribution in [0.2, 0.25) is 0 Å². The van der Waals surface area contributed by atoms with Crippen molar-refractivity contribution in [3.05, 3.63) is 17.9 Å². The molecule has 7 nitrogen and oxygen atoms in total. The molecule has 2 aliphatic rings. The normalized spacial score (nSPS) is 25.3. The van der Waals surface area contributed by atoms with E-state index in [4.69, 9.17) is 4.42 Å². The second kappa shape index (κ2) is 6.57. The second-order valence-corrected chi connectivity index (χ2v) is 7.13. The molecule has 2 atom stereocenters. The molecule has 1 aromatic heterocycles. The van der Waals surface area contributed by atoms with Crippen LogP contribution in [0.15, 0.2) is 21.8 Å². The van der Waals surface area contributed by atoms with Crippen molar-refractivity contribution in [2.75, 3.05) is 20.2 Å². The van der Waals surface area contributed by atoms with Crippen LogP contribution in [0.4, 0.5) is 0 Å². The number of furan rings is 1. The van der Waals surface area contributed by atoms with E-state index in [2.05, 4.69) is 10.1 Å². The minimum Gasteiger partial charge on any atom is -0.465 e. The van der Waals surface area contributed by atoms with Gasteiger partial charge in [0.1, 0.15) is 6.26 Å². The maximum atomic E-state index is 12.8. The molecule has 2 unspecified atom stereocenters. The summed E-state index contributed by atoms with van der Waals surface area (Å²) in [6, 6.07) is 1.19. The lowest BCUT2D eigenvalue weighted by Gasteiger charge is -2.25. The number of halogens is 1. The van der Waals surface area contributed by atoms with Crippen molar-refractivity contribution in [1.29, 1.82) is 0 Å². The first kappa shape index (κ1) is 17.3. The van der Waals surface area contributed by atoms with Crippen LogP contribution in [-0.2, 0) is 14.8 Å². The first-order valence-corrected chi connectivity index (χ1v) is 8.39. The summed E-state index contributed by atoms with van der Waals surface area (Å²) in [6.07, 6.45) is 3.63. The number of sulfonamides is 1. The molecule has 3 heterocycles. The molecule has 0 aliphatic carbocycles. The maximum Gasteiger partial charge on any atom is 0.341 e. The number of hydrogen-bond acceptors (Lipinski definition) is 6. The average molecular weight is 351 g/mol. The smallest absolute Gasteiger partial charge is 0.341 e. The van der Waals surface area contributed by atoms with Gasteiger partial charge in [0, 0.05) is 24.7 Å². The number of hydrogen-bond donors (Lipinski definition) is 1. The Kier molecular flexibility index (Phi) is 5.16. The van der Waals surface area contributed by atoms with Gasteiger partial charge in [0.15, 0.2) is 0 Å². The lowest BCUT2D eigenvalue weighted by atomic mass is 10.1. The van der Waals surface area contributed by atoms with Gasteiger partial charge >= 0.3 is 5.97 Å². The van der Waals surface area contributed by atoms with Crippen molar-refractivity contribution < 1.29 is 22.4 Å². The van der Waals surface area contributed by atoms with Gasteiger partial charge < -0.3 is 14.5 Å². The van der Waals surface area contributed by atoms with Crippen molar-refractivity contribution in [2.24, 2.45) is 0 Å². The summed E-state index contributed by atoms with van der Waals surface area (Å²) in [7, 11) is -2.48. The number of rotatable bonds is 3. The molecule has 1 aromatic rings. The third-order valence-corrected chi connectivity index (χ3v) is 5.99. The van der Waals surface area contributed by atoms with Gasteiger partial charge in [-0.2, -0.15) is 4.31 Å². The minimum absolute atomic E-state index is 0. The zero-order valence-corrected chi connectivity index (χ0v) is 13.8. The fourth-order valence-electron chi connectivity index (χ4n) is 3.11. The zero-order chi connectivity index (χ0) is 15.0. The average Bonchev–Trinajstić information content (AvgIpc) is 3.02. The largest absolute Gasteiger partial charge is 0.465 e. The van der Waals surface area contributed by atoms with E-state index in [1.165, 1.54) is 13.2 Å². The highest BCUT2D eigenvalue weighted by molar-refractivity contribution is 7.89. The molecule has 9 heteroatoms. The molecular formula is C13H19ClN2O5S. The number of nitrogens with one attached hydrogen (secondary N) is 1. The summed E-state index contributed by atoms with van der Waals surface area (Å²) >= 11 is 0. The molecule has 22 heavy (non-hydrogen) atoms. The highest BCUT2D eigenvalue weighted by Gasteiger charge is 2.44. The predicted octanol–water partition coefficient (Wildman–Crippen LogP) is 1.00. The molecule has 2 bridgehead atoms. The van der Waals surface area contributed by atoms with Crippen molar-refractivity contribution in [2.45, 2.75) is 36.4 Å². The van der Waals surface area contributed by atoms with Crippen molar-refractivity contribution in [3.63, 3.8) is 0 Å². The Balaban J connectivity index is 0.00000176. The first-order chi connectivity index (χ1) is 10.0. The number of fused-ring (bicyclic) bond motifs is 2. The Morgan fingerprint density at radius 1 is 1.36 bits per heavy atom. The van der Waals surface area contributed by atoms with Crippen LogP contribution in [0, 0.1) is 0 Å². The Labute approximate surface area is 135 Å². The number of methoxy groups -OCH3 is 1. The molecule has 2 fully saturated rings. The Morgan fingerprint density at radius 3 is 2.82 bits per heavy atom. The standard InChI is InChI=1S/C13H18N2O5S.ClH/c1-19-13(16)9-6-12(20-8-9)21(17,18)15-10-2-3-11(15)7-14-5-4-10;/h6,8,10-11,14H,2-5,7H2,1H3;1H. The Hall–Kier alpha value is -1.09. The lowest BCUT2D eigenvalue weighted by Crippen LogP contribution is -2.42. The van der Waals surface area contributed by atoms with Crippen LogP contribution in [0.1, 0.15) is 29.6 Å². The number of nitrogens with zero attached hydrogens (tertiary/aromatic N) is 1. The maximum absolute atomic E-state index is 12.8. The molecule has 2 aliphatic heterocycles. The van der Waals surface area contributed by atoms with Crippen LogP contribution >= 0.6 is 12.4 Å². The van der Waals surface area contributed by atoms with Gasteiger partial charge in [0.2, 0.25) is 5.09 Å². The third kappa shape index (κ3) is 2.88. The molecule has 2 saturated heterocycles. The van der Waals surface area contributed by atoms with Gasteiger partial charge in [0.25, 0.3) is 10.0 Å². The van der Waals surface area contributed by atoms with Crippen molar-refractivity contribution >= 4 is 28.4 Å². The molecule has 0 saturated carbocycles. The van der Waals surface area contributed by atoms with E-state index in [9.17, 15) is 13.2 Å². The SMILES string of the molecule is COC(=O)c1coc(S(=O)(=O)N2C3CCNCC2CC3)c1.Cl. The van der Waals surface area contributed by atoms with E-state index < -0.39 is 16.0 Å². The topological polar surface area (TPSA) is 88.8 Å². The van der Waals surface area contributed by atoms with E-state index in [0.29, 0.717) is 6.54 Å². The summed E-state index contributed by atoms with van der Waals surface area (Å²) in [4.78, 5) is 11.4. The first-order valence-electron chi connectivity index (χ1n) is 6.95. The van der Waals surface area contributed by atoms with Gasteiger partial charge in [-0.25, -0.2) is 13.2 Å². The molecule has 0 radical (unpaired) electrons. The van der Waals surface area contributed by atoms with Gasteiger partial charge in [-0.3, -0.25) is 0 Å². The molecule has 124 valence electrons. The Morgan fingerprint density at radius 2 is 2.09 bits per heavy atom. The van der Waals surface area contributed by atoms with Crippen LogP contribution in [0.3, 0.4) is 0 Å². The van der Waals surface area contributed by atoms with E-state index in [0.717, 1.165) is 32.1 Å². The lowest BCUT2D eigenvalue weighted by molar-refractivity contribution is 0.0600. The summed E-state index contributed by atoms with van der Waals surface area (Å²) < 4.78 is 36.8. The number of carbonyl (C=O) groups is 1. The quantitative estimate of drug-likeness (QED) is 0.818. The van der Waals surface area contributed by atoms with Gasteiger partial charge in [-0.15, -0.1) is 12.4 Å². The monoisotopic (exact) mass is 350 g/mol. The zero-order valence-electron chi connectivity index (χ0n) is 12.1. The van der Waals surface area contributed by atoms with Gasteiger partial charge in [-0.1, -0.05) is 0 Å². The fourth-order valence-corrected chi connectivity index (χ4v) is 4.94. The number of carbonyl (C=O) groups excluding carboxylic acids is 1. The molecule has 1 N–H and O–H groups in total. The molecular weight excluding hydrogens is 332 g/mol. The predicted molar refractivity (Wildman–Crippen MR) is 80.6 cm³/mol.